The first-order chi connectivity index (χ1) is 73.5. The summed E-state index contributed by atoms with van der Waals surface area (Å²) in [5.41, 5.74) is 57.0. The zero-order valence-electron chi connectivity index (χ0n) is 92.1. The number of aromatic nitrogens is 4. The van der Waals surface area contributed by atoms with E-state index in [1.165, 1.54) is 287 Å². The van der Waals surface area contributed by atoms with Crippen molar-refractivity contribution in [2.45, 2.75) is 218 Å². The highest BCUT2D eigenvalue weighted by atomic mass is 14.9. The van der Waals surface area contributed by atoms with Crippen LogP contribution in [0.3, 0.4) is 0 Å². The van der Waals surface area contributed by atoms with Gasteiger partial charge in [-0.25, -0.2) is 0 Å². The predicted molar refractivity (Wildman–Crippen MR) is 652 cm³/mol. The zero-order valence-corrected chi connectivity index (χ0v) is 92.1. The summed E-state index contributed by atoms with van der Waals surface area (Å²) in [6.45, 7) is 48.0. The van der Waals surface area contributed by atoms with Gasteiger partial charge < -0.3 is 17.6 Å². The average Bonchev–Trinajstić information content (AvgIpc) is 1.54. The molecule has 8 aromatic heterocycles. The summed E-state index contributed by atoms with van der Waals surface area (Å²) in [5, 5.41) is 16.3. The zero-order chi connectivity index (χ0) is 104. The van der Waals surface area contributed by atoms with E-state index in [9.17, 15) is 0 Å². The van der Waals surface area contributed by atoms with Gasteiger partial charge in [-0.2, -0.15) is 0 Å². The van der Waals surface area contributed by atoms with E-state index >= 15 is 0 Å². The maximum atomic E-state index is 2.49. The van der Waals surface area contributed by atoms with E-state index in [0.29, 0.717) is 0 Å². The molecule has 0 unspecified atom stereocenters. The molecule has 0 aliphatic heterocycles. The molecule has 0 fully saturated rings. The molecule has 148 heavy (non-hydrogen) atoms. The Kier molecular flexibility index (Phi) is 32.4. The number of hydrogen-bond donors (Lipinski definition) is 0. The third-order valence-electron chi connectivity index (χ3n) is 29.9. The Morgan fingerprint density at radius 3 is 0.865 bits per heavy atom. The van der Waals surface area contributed by atoms with Gasteiger partial charge in [-0.3, -0.25) is 0 Å². The third-order valence-corrected chi connectivity index (χ3v) is 29.9. The molecule has 8 heterocycles. The lowest BCUT2D eigenvalue weighted by atomic mass is 9.93. The quantitative estimate of drug-likeness (QED) is 0.135. The predicted octanol–water partition coefficient (Wildman–Crippen LogP) is 41.9. The van der Waals surface area contributed by atoms with Gasteiger partial charge in [0.1, 0.15) is 0 Å². The lowest BCUT2D eigenvalue weighted by Crippen LogP contribution is -1.94. The molecule has 744 valence electrons. The molecule has 0 atom stereocenters. The van der Waals surface area contributed by atoms with Crippen molar-refractivity contribution in [1.82, 2.24) is 17.6 Å². The van der Waals surface area contributed by atoms with E-state index < -0.39 is 0 Å². The first-order valence-corrected chi connectivity index (χ1v) is 56.2. The monoisotopic (exact) mass is 1930 g/mol. The van der Waals surface area contributed by atoms with Gasteiger partial charge in [0.2, 0.25) is 0 Å². The van der Waals surface area contributed by atoms with Gasteiger partial charge in [-0.1, -0.05) is 397 Å². The van der Waals surface area contributed by atoms with Gasteiger partial charge in [-0.05, 0) is 360 Å². The Morgan fingerprint density at radius 2 is 0.378 bits per heavy atom. The van der Waals surface area contributed by atoms with Crippen molar-refractivity contribution in [3.63, 3.8) is 0 Å². The number of pyridine rings is 4. The maximum absolute atomic E-state index is 2.49. The minimum Gasteiger partial charge on any atom is -0.316 e. The molecular formula is C144H148N4. The molecule has 0 amide bonds. The van der Waals surface area contributed by atoms with Crippen LogP contribution in [0.25, 0.3) is 198 Å². The van der Waals surface area contributed by atoms with Crippen molar-refractivity contribution in [3.8, 4) is 89.0 Å². The molecule has 0 N–H and O–H groups in total. The van der Waals surface area contributed by atoms with Crippen molar-refractivity contribution in [1.29, 1.82) is 0 Å². The summed E-state index contributed by atoms with van der Waals surface area (Å²) in [7, 11) is 0. The smallest absolute Gasteiger partial charge is 0.0541 e. The second-order valence-corrected chi connectivity index (χ2v) is 35.8. The molecule has 0 bridgehead atoms. The Morgan fingerprint density at radius 1 is 0.128 bits per heavy atom. The van der Waals surface area contributed by atoms with Crippen LogP contribution in [0, 0.1) is 0 Å². The number of benzene rings is 16. The van der Waals surface area contributed by atoms with Gasteiger partial charge in [0.15, 0.2) is 0 Å². The van der Waals surface area contributed by atoms with Crippen molar-refractivity contribution < 1.29 is 0 Å². The van der Waals surface area contributed by atoms with Crippen LogP contribution in [-0.2, 0) is 51.4 Å². The van der Waals surface area contributed by atoms with Crippen LogP contribution in [0.2, 0.25) is 0 Å². The summed E-state index contributed by atoms with van der Waals surface area (Å²) in [4.78, 5) is 0. The molecular weight excluding hydrogens is 1790 g/mol. The van der Waals surface area contributed by atoms with Crippen LogP contribution in [0.4, 0.5) is 0 Å². The summed E-state index contributed by atoms with van der Waals surface area (Å²) < 4.78 is 9.39. The molecule has 0 spiro atoms. The minimum atomic E-state index is 1.02. The molecule has 8 aliphatic carbocycles. The summed E-state index contributed by atoms with van der Waals surface area (Å²) in [5.74, 6) is 0. The molecule has 16 aromatic carbocycles. The van der Waals surface area contributed by atoms with E-state index in [0.717, 1.165) is 51.4 Å². The Labute approximate surface area is 880 Å². The molecule has 0 saturated heterocycles. The van der Waals surface area contributed by atoms with E-state index in [1.54, 1.807) is 0 Å². The fourth-order valence-corrected chi connectivity index (χ4v) is 24.6. The summed E-state index contributed by atoms with van der Waals surface area (Å²) >= 11 is 0. The topological polar surface area (TPSA) is 17.6 Å². The lowest BCUT2D eigenvalue weighted by Gasteiger charge is -2.14. The van der Waals surface area contributed by atoms with Crippen LogP contribution >= 0.6 is 0 Å². The maximum Gasteiger partial charge on any atom is 0.0541 e. The molecule has 4 heteroatoms. The van der Waals surface area contributed by atoms with Crippen molar-refractivity contribution >= 4 is 109 Å². The van der Waals surface area contributed by atoms with E-state index in [2.05, 4.69) is 382 Å². The van der Waals surface area contributed by atoms with Crippen LogP contribution in [-0.4, -0.2) is 17.6 Å². The second-order valence-electron chi connectivity index (χ2n) is 35.8. The fraction of sp³-hybridized carbons (Fsp3) is 0.222. The molecule has 24 aromatic rings. The summed E-state index contributed by atoms with van der Waals surface area (Å²) in [6, 6.07) is 127. The van der Waals surface area contributed by atoms with E-state index in [1.807, 2.05) is 166 Å². The number of rotatable bonds is 0. The first kappa shape index (κ1) is 104. The van der Waals surface area contributed by atoms with Crippen molar-refractivity contribution in [2.24, 2.45) is 0 Å². The molecule has 0 saturated carbocycles. The van der Waals surface area contributed by atoms with Gasteiger partial charge in [0.25, 0.3) is 0 Å². The minimum absolute atomic E-state index is 1.02. The lowest BCUT2D eigenvalue weighted by molar-refractivity contribution is 1.16. The SMILES string of the molecule is CC.CC.CC.CC.CC.CC.CC.CC.CC.CC.CC.CC.c1ccc2c(c1)Cc1c-2ccc2c1-c1cc3c4ccccc4n4cccc4c3cc1C2.c1ccc2c(c1)Cc1c-2ccc2c1Cc1c-2ccc2c3ccccc3n3cccc3c12.c1ccc2c(c1)Cc1c-2ccc2c1Cc1cc3c4ccccc4n4cccc4c3cc1-2.c1ccc2c(c1)Cc1cc3c(cc1-2)Cc1ccc2c4ccccc4n4cccc4c2c1-3. The largest absolute Gasteiger partial charge is 0.316 e. The van der Waals surface area contributed by atoms with E-state index in [4.69, 9.17) is 0 Å². The second kappa shape index (κ2) is 46.2. The normalized spacial score (nSPS) is 11.8. The highest BCUT2D eigenvalue weighted by molar-refractivity contribution is 6.21. The Bertz CT molecular complexity index is 8960. The van der Waals surface area contributed by atoms with Crippen LogP contribution < -0.4 is 0 Å². The van der Waals surface area contributed by atoms with Gasteiger partial charge in [0.05, 0.1) is 44.1 Å². The van der Waals surface area contributed by atoms with Crippen molar-refractivity contribution in [3.05, 3.63) is 454 Å². The van der Waals surface area contributed by atoms with Gasteiger partial charge in [0, 0.05) is 67.9 Å². The summed E-state index contributed by atoms with van der Waals surface area (Å²) in [6.07, 6.45) is 17.1. The van der Waals surface area contributed by atoms with Gasteiger partial charge in [-0.15, -0.1) is 0 Å². The van der Waals surface area contributed by atoms with Gasteiger partial charge >= 0.3 is 0 Å². The standard InChI is InChI=1S/4C30H19N.12C2H6/c1-2-7-19-18(6-1)16-25-20(19)11-12-21-22-13-14-24-23-8-3-4-9-28(23)31-15-5-10-29(31)30(24)27(22)17-26(21)25;1-2-7-21-18(6-1)15-27-22(21)12-11-19-14-20-16-26-25(17-24(20)30(19)27)23-8-3-4-9-28(23)31-13-5-10-29(26)31;1-2-7-20-18(6-1)14-25-21(20)11-12-22-24-17-28-27(16-19(24)15-26(22)25)23-8-3-4-9-29(23)31-13-5-10-30(28)31;1-2-7-22-18(6-1)14-20-17-26-21(16-25(20)22)15-19-11-12-24-23-8-3-4-9-27(23)31-13-5-10-28(31)30(24)29(19)26;12*1-2/h1-15H,16-17H2;3*1-13,16-17H,14-15H2;12*1-2H3. The van der Waals surface area contributed by atoms with E-state index in [-0.39, 0.29) is 0 Å². The Balaban J connectivity index is 0.000000126. The molecule has 4 nitrogen and oxygen atoms in total. The van der Waals surface area contributed by atoms with Crippen LogP contribution in [0.1, 0.15) is 255 Å². The fourth-order valence-electron chi connectivity index (χ4n) is 24.6. The van der Waals surface area contributed by atoms with Crippen molar-refractivity contribution in [2.75, 3.05) is 0 Å². The number of fused-ring (bicyclic) bond motifs is 53. The molecule has 32 rings (SSSR count). The molecule has 8 aliphatic rings. The average molecular weight is 1930 g/mol. The molecule has 0 radical (unpaired) electrons. The Hall–Kier alpha value is -15.4. The first-order valence-electron chi connectivity index (χ1n) is 56.2. The number of nitrogens with zero attached hydrogens (tertiary/aromatic N) is 4. The number of hydrogen-bond acceptors (Lipinski definition) is 0. The highest BCUT2D eigenvalue weighted by Gasteiger charge is 2.35. The van der Waals surface area contributed by atoms with Crippen LogP contribution in [0.5, 0.6) is 0 Å². The third kappa shape index (κ3) is 17.2. The highest BCUT2D eigenvalue weighted by Crippen LogP contribution is 2.55. The number of para-hydroxylation sites is 4. The van der Waals surface area contributed by atoms with Crippen LogP contribution in [0.15, 0.2) is 365 Å².